The molecule has 1 aliphatic heterocycles. The van der Waals surface area contributed by atoms with Crippen molar-refractivity contribution in [2.45, 2.75) is 6.92 Å². The molecule has 2 aromatic heterocycles. The first-order valence-corrected chi connectivity index (χ1v) is 7.95. The van der Waals surface area contributed by atoms with Gasteiger partial charge in [0.25, 0.3) is 0 Å². The molecule has 0 amide bonds. The molecule has 0 N–H and O–H groups in total. The van der Waals surface area contributed by atoms with Crippen LogP contribution in [0, 0.1) is 18.3 Å². The molecule has 1 fully saturated rings. The van der Waals surface area contributed by atoms with Crippen molar-refractivity contribution in [3.63, 3.8) is 0 Å². The van der Waals surface area contributed by atoms with Crippen molar-refractivity contribution in [2.24, 2.45) is 4.99 Å². The van der Waals surface area contributed by atoms with E-state index in [0.717, 1.165) is 48.7 Å². The number of fused-ring (bicyclic) bond motifs is 3. The van der Waals surface area contributed by atoms with E-state index >= 15 is 0 Å². The molecule has 1 aliphatic rings. The number of aromatic nitrogens is 2. The predicted molar refractivity (Wildman–Crippen MR) is 92.7 cm³/mol. The van der Waals surface area contributed by atoms with Crippen LogP contribution < -0.4 is 0 Å². The highest BCUT2D eigenvalue weighted by molar-refractivity contribution is 5.85. The molecule has 0 spiro atoms. The van der Waals surface area contributed by atoms with Gasteiger partial charge < -0.3 is 9.64 Å². The molecule has 1 saturated heterocycles. The summed E-state index contributed by atoms with van der Waals surface area (Å²) < 4.78 is 7.32. The SMILES string of the molecule is Cc1cc(/N=C/N2CCOCC2)n2c(nc3ccccc32)c1C#N. The van der Waals surface area contributed by atoms with Crippen molar-refractivity contribution in [3.8, 4) is 6.07 Å². The van der Waals surface area contributed by atoms with E-state index in [0.29, 0.717) is 11.2 Å². The Kier molecular flexibility index (Phi) is 3.63. The fourth-order valence-electron chi connectivity index (χ4n) is 3.00. The molecule has 1 aromatic carbocycles. The number of ether oxygens (including phenoxy) is 1. The molecule has 4 rings (SSSR count). The van der Waals surface area contributed by atoms with Gasteiger partial charge in [-0.15, -0.1) is 0 Å². The van der Waals surface area contributed by atoms with Crippen LogP contribution in [0.15, 0.2) is 35.3 Å². The lowest BCUT2D eigenvalue weighted by atomic mass is 10.1. The second-order valence-corrected chi connectivity index (χ2v) is 5.82. The van der Waals surface area contributed by atoms with Crippen LogP contribution in [-0.2, 0) is 4.74 Å². The Morgan fingerprint density at radius 1 is 1.29 bits per heavy atom. The van der Waals surface area contributed by atoms with Crippen molar-refractivity contribution in [1.29, 1.82) is 5.26 Å². The Balaban J connectivity index is 1.91. The Labute approximate surface area is 139 Å². The molecule has 0 atom stereocenters. The molecular formula is C18H17N5O. The van der Waals surface area contributed by atoms with Gasteiger partial charge in [0.1, 0.15) is 11.9 Å². The van der Waals surface area contributed by atoms with E-state index < -0.39 is 0 Å². The van der Waals surface area contributed by atoms with Crippen LogP contribution in [0.4, 0.5) is 5.82 Å². The highest BCUT2D eigenvalue weighted by Gasteiger charge is 2.14. The molecule has 120 valence electrons. The van der Waals surface area contributed by atoms with E-state index in [4.69, 9.17) is 4.74 Å². The Morgan fingerprint density at radius 2 is 2.08 bits per heavy atom. The minimum atomic E-state index is 0.594. The molecule has 3 aromatic rings. The summed E-state index contributed by atoms with van der Waals surface area (Å²) in [6, 6.07) is 12.1. The second-order valence-electron chi connectivity index (χ2n) is 5.82. The third-order valence-corrected chi connectivity index (χ3v) is 4.26. The van der Waals surface area contributed by atoms with Gasteiger partial charge in [0.2, 0.25) is 0 Å². The molecular weight excluding hydrogens is 302 g/mol. The third-order valence-electron chi connectivity index (χ3n) is 4.26. The maximum absolute atomic E-state index is 9.50. The van der Waals surface area contributed by atoms with Crippen molar-refractivity contribution < 1.29 is 4.74 Å². The first-order valence-electron chi connectivity index (χ1n) is 7.95. The number of para-hydroxylation sites is 2. The van der Waals surface area contributed by atoms with E-state index in [-0.39, 0.29) is 0 Å². The highest BCUT2D eigenvalue weighted by atomic mass is 16.5. The summed E-state index contributed by atoms with van der Waals surface area (Å²) >= 11 is 0. The monoisotopic (exact) mass is 319 g/mol. The molecule has 24 heavy (non-hydrogen) atoms. The quantitative estimate of drug-likeness (QED) is 0.538. The number of benzene rings is 1. The normalized spacial score (nSPS) is 15.4. The number of hydrogen-bond acceptors (Lipinski definition) is 4. The standard InChI is InChI=1S/C18H17N5O/c1-13-10-17(20-12-22-6-8-24-9-7-22)23-16-5-3-2-4-15(16)21-18(23)14(13)11-19/h2-5,10,12H,6-9H2,1H3/b20-12+. The number of nitrogens with zero attached hydrogens (tertiary/aromatic N) is 5. The highest BCUT2D eigenvalue weighted by Crippen LogP contribution is 2.27. The molecule has 0 bridgehead atoms. The van der Waals surface area contributed by atoms with E-state index in [9.17, 15) is 5.26 Å². The van der Waals surface area contributed by atoms with Crippen LogP contribution in [0.25, 0.3) is 16.7 Å². The van der Waals surface area contributed by atoms with E-state index in [1.807, 2.05) is 48.0 Å². The average molecular weight is 319 g/mol. The fourth-order valence-corrected chi connectivity index (χ4v) is 3.00. The Hall–Kier alpha value is -2.91. The van der Waals surface area contributed by atoms with Crippen LogP contribution in [0.3, 0.4) is 0 Å². The maximum atomic E-state index is 9.50. The number of aliphatic imine (C=N–C) groups is 1. The molecule has 0 radical (unpaired) electrons. The number of imidazole rings is 1. The first-order chi connectivity index (χ1) is 11.8. The van der Waals surface area contributed by atoms with Crippen molar-refractivity contribution in [1.82, 2.24) is 14.3 Å². The number of morpholine rings is 1. The van der Waals surface area contributed by atoms with Gasteiger partial charge in [-0.25, -0.2) is 9.98 Å². The lowest BCUT2D eigenvalue weighted by Crippen LogP contribution is -2.35. The van der Waals surface area contributed by atoms with Gasteiger partial charge >= 0.3 is 0 Å². The van der Waals surface area contributed by atoms with E-state index in [1.54, 1.807) is 0 Å². The maximum Gasteiger partial charge on any atom is 0.157 e. The molecule has 0 unspecified atom stereocenters. The Morgan fingerprint density at radius 3 is 2.88 bits per heavy atom. The van der Waals surface area contributed by atoms with Crippen LogP contribution >= 0.6 is 0 Å². The smallest absolute Gasteiger partial charge is 0.157 e. The van der Waals surface area contributed by atoms with Gasteiger partial charge in [-0.05, 0) is 30.7 Å². The Bertz CT molecular complexity index is 976. The van der Waals surface area contributed by atoms with Crippen LogP contribution in [-0.4, -0.2) is 46.9 Å². The second kappa shape index (κ2) is 5.95. The molecule has 6 heteroatoms. The van der Waals surface area contributed by atoms with Crippen molar-refractivity contribution >= 4 is 28.8 Å². The van der Waals surface area contributed by atoms with Crippen molar-refractivity contribution in [3.05, 3.63) is 41.5 Å². The average Bonchev–Trinajstić information content (AvgIpc) is 3.00. The van der Waals surface area contributed by atoms with Gasteiger partial charge in [0.15, 0.2) is 5.65 Å². The molecule has 3 heterocycles. The zero-order chi connectivity index (χ0) is 16.5. The van der Waals surface area contributed by atoms with Crippen LogP contribution in [0.5, 0.6) is 0 Å². The lowest BCUT2D eigenvalue weighted by molar-refractivity contribution is 0.0701. The molecule has 0 aliphatic carbocycles. The van der Waals surface area contributed by atoms with Crippen molar-refractivity contribution in [2.75, 3.05) is 26.3 Å². The summed E-state index contributed by atoms with van der Waals surface area (Å²) in [5.74, 6) is 0.779. The van der Waals surface area contributed by atoms with Gasteiger partial charge in [-0.2, -0.15) is 5.26 Å². The van der Waals surface area contributed by atoms with Gasteiger partial charge in [-0.3, -0.25) is 4.40 Å². The zero-order valence-corrected chi connectivity index (χ0v) is 13.4. The summed E-state index contributed by atoms with van der Waals surface area (Å²) in [6.45, 7) is 5.05. The third kappa shape index (κ3) is 2.39. The summed E-state index contributed by atoms with van der Waals surface area (Å²) in [4.78, 5) is 11.5. The minimum Gasteiger partial charge on any atom is -0.378 e. The van der Waals surface area contributed by atoms with Crippen LogP contribution in [0.1, 0.15) is 11.1 Å². The van der Waals surface area contributed by atoms with E-state index in [2.05, 4.69) is 20.9 Å². The summed E-state index contributed by atoms with van der Waals surface area (Å²) in [5, 5.41) is 9.50. The number of hydrogen-bond donors (Lipinski definition) is 0. The topological polar surface area (TPSA) is 65.9 Å². The zero-order valence-electron chi connectivity index (χ0n) is 13.4. The minimum absolute atomic E-state index is 0.594. The summed E-state index contributed by atoms with van der Waals surface area (Å²) in [5.41, 5.74) is 3.96. The summed E-state index contributed by atoms with van der Waals surface area (Å²) in [7, 11) is 0. The van der Waals surface area contributed by atoms with Gasteiger partial charge in [-0.1, -0.05) is 12.1 Å². The predicted octanol–water partition coefficient (Wildman–Crippen LogP) is 2.66. The first kappa shape index (κ1) is 14.7. The largest absolute Gasteiger partial charge is 0.378 e. The number of nitriles is 1. The van der Waals surface area contributed by atoms with Gasteiger partial charge in [0.05, 0.1) is 36.1 Å². The fraction of sp³-hybridized carbons (Fsp3) is 0.278. The molecule has 6 nitrogen and oxygen atoms in total. The summed E-state index contributed by atoms with van der Waals surface area (Å²) in [6.07, 6.45) is 1.86. The van der Waals surface area contributed by atoms with E-state index in [1.165, 1.54) is 0 Å². The van der Waals surface area contributed by atoms with Gasteiger partial charge in [0, 0.05) is 13.1 Å². The number of pyridine rings is 1. The van der Waals surface area contributed by atoms with Crippen LogP contribution in [0.2, 0.25) is 0 Å². The lowest BCUT2D eigenvalue weighted by Gasteiger charge is -2.24. The number of aryl methyl sites for hydroxylation is 1. The molecule has 0 saturated carbocycles. The number of rotatable bonds is 2.